The molecule has 6 nitrogen and oxygen atoms in total. The average Bonchev–Trinajstić information content (AvgIpc) is 3.22. The van der Waals surface area contributed by atoms with Gasteiger partial charge in [-0.05, 0) is 55.4 Å². The number of hydrogen-bond donors (Lipinski definition) is 2. The van der Waals surface area contributed by atoms with Gasteiger partial charge in [0.25, 0.3) is 8.32 Å². The predicted molar refractivity (Wildman–Crippen MR) is 136 cm³/mol. The maximum atomic E-state index is 12.6. The molecule has 1 amide bonds. The van der Waals surface area contributed by atoms with Crippen molar-refractivity contribution in [3.63, 3.8) is 0 Å². The average molecular weight is 484 g/mol. The third kappa shape index (κ3) is 6.07. The van der Waals surface area contributed by atoms with E-state index in [9.17, 15) is 14.4 Å². The summed E-state index contributed by atoms with van der Waals surface area (Å²) in [6.45, 7) is 9.61. The van der Waals surface area contributed by atoms with Crippen LogP contribution in [-0.2, 0) is 14.3 Å². The van der Waals surface area contributed by atoms with Crippen molar-refractivity contribution in [3.8, 4) is 0 Å². The number of nitrogens with one attached hydrogen (secondary N) is 1. The SMILES string of the molecule is CC(C)(C)OC(=O)N[C@@H](CCC(C)(C)[Si](O)(c1ccccc1)c1ccccc1)[C@@H]1CCC(=O)O1. The monoisotopic (exact) mass is 483 g/mol. The second-order valence-corrected chi connectivity index (χ2v) is 14.6. The van der Waals surface area contributed by atoms with Crippen LogP contribution in [0.5, 0.6) is 0 Å². The molecule has 2 aromatic carbocycles. The fourth-order valence-corrected chi connectivity index (χ4v) is 8.40. The molecule has 0 bridgehead atoms. The molecule has 184 valence electrons. The number of rotatable bonds is 8. The molecule has 2 aromatic rings. The lowest BCUT2D eigenvalue weighted by Gasteiger charge is -2.42. The summed E-state index contributed by atoms with van der Waals surface area (Å²) in [5, 5.41) is 4.33. The Hall–Kier alpha value is -2.64. The molecule has 0 spiro atoms. The van der Waals surface area contributed by atoms with Gasteiger partial charge in [-0.2, -0.15) is 0 Å². The predicted octanol–water partition coefficient (Wildman–Crippen LogP) is 3.90. The zero-order valence-corrected chi connectivity index (χ0v) is 21.8. The molecule has 3 rings (SSSR count). The van der Waals surface area contributed by atoms with Crippen molar-refractivity contribution >= 4 is 30.8 Å². The summed E-state index contributed by atoms with van der Waals surface area (Å²) in [4.78, 5) is 36.7. The largest absolute Gasteiger partial charge is 0.460 e. The lowest BCUT2D eigenvalue weighted by Crippen LogP contribution is -2.65. The normalized spacial score (nSPS) is 17.7. The zero-order chi connectivity index (χ0) is 25.0. The molecular weight excluding hydrogens is 446 g/mol. The summed E-state index contributed by atoms with van der Waals surface area (Å²) in [7, 11) is -3.18. The zero-order valence-electron chi connectivity index (χ0n) is 20.8. The van der Waals surface area contributed by atoms with Crippen LogP contribution in [0.2, 0.25) is 5.04 Å². The fourth-order valence-electron chi connectivity index (χ4n) is 4.64. The molecule has 2 atom stereocenters. The van der Waals surface area contributed by atoms with Gasteiger partial charge in [0.15, 0.2) is 0 Å². The van der Waals surface area contributed by atoms with Crippen LogP contribution in [0.25, 0.3) is 0 Å². The highest BCUT2D eigenvalue weighted by atomic mass is 28.4. The Morgan fingerprint density at radius 1 is 1.06 bits per heavy atom. The van der Waals surface area contributed by atoms with Gasteiger partial charge in [0.2, 0.25) is 0 Å². The second kappa shape index (κ2) is 10.3. The number of esters is 1. The first kappa shape index (κ1) is 26.0. The summed E-state index contributed by atoms with van der Waals surface area (Å²) in [5.41, 5.74) is -0.631. The summed E-state index contributed by atoms with van der Waals surface area (Å²) >= 11 is 0. The summed E-state index contributed by atoms with van der Waals surface area (Å²) in [5.74, 6) is -0.250. The quantitative estimate of drug-likeness (QED) is 0.439. The number of carbonyl (C=O) groups excluding carboxylic acids is 2. The molecule has 1 aliphatic rings. The Morgan fingerprint density at radius 2 is 1.59 bits per heavy atom. The first-order valence-corrected chi connectivity index (χ1v) is 13.9. The van der Waals surface area contributed by atoms with Crippen molar-refractivity contribution in [2.75, 3.05) is 0 Å². The van der Waals surface area contributed by atoms with Gasteiger partial charge in [-0.1, -0.05) is 74.5 Å². The molecule has 0 aromatic heterocycles. The van der Waals surface area contributed by atoms with Crippen LogP contribution in [0.4, 0.5) is 4.79 Å². The van der Waals surface area contributed by atoms with E-state index in [1.807, 2.05) is 81.4 Å². The Morgan fingerprint density at radius 3 is 2.03 bits per heavy atom. The van der Waals surface area contributed by atoms with E-state index in [-0.39, 0.29) is 5.97 Å². The highest BCUT2D eigenvalue weighted by molar-refractivity contribution is 6.98. The van der Waals surface area contributed by atoms with E-state index in [4.69, 9.17) is 9.47 Å². The number of ether oxygens (including phenoxy) is 2. The Bertz CT molecular complexity index is 932. The number of carbonyl (C=O) groups is 2. The van der Waals surface area contributed by atoms with E-state index in [0.29, 0.717) is 25.7 Å². The van der Waals surface area contributed by atoms with E-state index in [0.717, 1.165) is 10.4 Å². The van der Waals surface area contributed by atoms with Gasteiger partial charge in [0.05, 0.1) is 6.04 Å². The summed E-state index contributed by atoms with van der Waals surface area (Å²) < 4.78 is 11.0. The Balaban J connectivity index is 1.86. The Labute approximate surface area is 203 Å². The van der Waals surface area contributed by atoms with Gasteiger partial charge in [0.1, 0.15) is 11.7 Å². The molecular formula is C27H37NO5Si. The second-order valence-electron chi connectivity index (χ2n) is 10.7. The fraction of sp³-hybridized carbons (Fsp3) is 0.481. The van der Waals surface area contributed by atoms with Crippen LogP contribution in [0.15, 0.2) is 60.7 Å². The van der Waals surface area contributed by atoms with Crippen LogP contribution in [-0.4, -0.2) is 42.9 Å². The maximum absolute atomic E-state index is 12.6. The smallest absolute Gasteiger partial charge is 0.408 e. The molecule has 1 heterocycles. The molecule has 0 saturated carbocycles. The highest BCUT2D eigenvalue weighted by Crippen LogP contribution is 2.41. The lowest BCUT2D eigenvalue weighted by molar-refractivity contribution is -0.142. The lowest BCUT2D eigenvalue weighted by atomic mass is 9.97. The number of cyclic esters (lactones) is 1. The van der Waals surface area contributed by atoms with Crippen LogP contribution in [0.1, 0.15) is 60.3 Å². The number of amides is 1. The molecule has 1 aliphatic heterocycles. The first-order valence-electron chi connectivity index (χ1n) is 11.9. The van der Waals surface area contributed by atoms with E-state index in [2.05, 4.69) is 19.2 Å². The van der Waals surface area contributed by atoms with E-state index in [1.54, 1.807) is 0 Å². The highest BCUT2D eigenvalue weighted by Gasteiger charge is 2.50. The first-order chi connectivity index (χ1) is 15.9. The van der Waals surface area contributed by atoms with Crippen molar-refractivity contribution in [1.29, 1.82) is 0 Å². The van der Waals surface area contributed by atoms with Gasteiger partial charge in [-0.3, -0.25) is 4.79 Å². The minimum Gasteiger partial charge on any atom is -0.460 e. The molecule has 2 N–H and O–H groups in total. The molecule has 7 heteroatoms. The van der Waals surface area contributed by atoms with Crippen molar-refractivity contribution in [2.45, 2.75) is 83.1 Å². The third-order valence-electron chi connectivity index (χ3n) is 6.51. The summed E-state index contributed by atoms with van der Waals surface area (Å²) in [6.07, 6.45) is 1.12. The standard InChI is InChI=1S/C27H37NO5Si/c1-26(2,3)33-25(30)28-22(23-16-17-24(29)32-23)18-19-27(4,5)34(31,20-12-8-6-9-13-20)21-14-10-7-11-15-21/h6-15,22-23,31H,16-19H2,1-5H3,(H,28,30)/t22-,23-/m0/s1. The van der Waals surface area contributed by atoms with E-state index < -0.39 is 37.2 Å². The van der Waals surface area contributed by atoms with Gasteiger partial charge < -0.3 is 19.6 Å². The number of benzene rings is 2. The number of alkyl carbamates (subject to hydrolysis) is 1. The van der Waals surface area contributed by atoms with E-state index >= 15 is 0 Å². The molecule has 0 aliphatic carbocycles. The van der Waals surface area contributed by atoms with Crippen LogP contribution < -0.4 is 15.7 Å². The molecule has 34 heavy (non-hydrogen) atoms. The van der Waals surface area contributed by atoms with Gasteiger partial charge in [-0.15, -0.1) is 0 Å². The van der Waals surface area contributed by atoms with Crippen LogP contribution in [0, 0.1) is 0 Å². The maximum Gasteiger partial charge on any atom is 0.408 e. The third-order valence-corrected chi connectivity index (χ3v) is 11.1. The molecule has 0 unspecified atom stereocenters. The van der Waals surface area contributed by atoms with Crippen molar-refractivity contribution in [1.82, 2.24) is 5.32 Å². The van der Waals surface area contributed by atoms with Crippen molar-refractivity contribution < 1.29 is 23.9 Å². The van der Waals surface area contributed by atoms with Gasteiger partial charge in [0, 0.05) is 6.42 Å². The minimum atomic E-state index is -3.18. The topological polar surface area (TPSA) is 84.9 Å². The van der Waals surface area contributed by atoms with Crippen molar-refractivity contribution in [3.05, 3.63) is 60.7 Å². The van der Waals surface area contributed by atoms with E-state index in [1.165, 1.54) is 0 Å². The number of hydrogen-bond acceptors (Lipinski definition) is 5. The van der Waals surface area contributed by atoms with Gasteiger partial charge in [-0.25, -0.2) is 4.79 Å². The van der Waals surface area contributed by atoms with Crippen LogP contribution >= 0.6 is 0 Å². The summed E-state index contributed by atoms with van der Waals surface area (Å²) in [6, 6.07) is 19.3. The van der Waals surface area contributed by atoms with Crippen molar-refractivity contribution in [2.24, 2.45) is 0 Å². The molecule has 0 radical (unpaired) electrons. The van der Waals surface area contributed by atoms with Gasteiger partial charge >= 0.3 is 12.1 Å². The minimum absolute atomic E-state index is 0.250. The molecule has 1 saturated heterocycles. The molecule has 1 fully saturated rings. The van der Waals surface area contributed by atoms with Crippen LogP contribution in [0.3, 0.4) is 0 Å². The Kier molecular flexibility index (Phi) is 7.88.